The normalized spacial score (nSPS) is 12.1. The number of benzene rings is 2. The predicted octanol–water partition coefficient (Wildman–Crippen LogP) is 4.98. The fourth-order valence-electron chi connectivity index (χ4n) is 1.86. The molecule has 2 nitrogen and oxygen atoms in total. The zero-order chi connectivity index (χ0) is 17.3. The Labute approximate surface area is 126 Å². The zero-order valence-corrected chi connectivity index (χ0v) is 11.3. The fraction of sp³-hybridized carbons (Fsp3) is 0.133. The molecule has 0 aromatic heterocycles. The zero-order valence-electron chi connectivity index (χ0n) is 11.3. The SMILES string of the molecule is O=C(Nc1cc(C(F)(F)F)ccc1C(F)(F)F)c1ccccc1. The summed E-state index contributed by atoms with van der Waals surface area (Å²) in [7, 11) is 0. The summed E-state index contributed by atoms with van der Waals surface area (Å²) in [5, 5.41) is 1.89. The number of carbonyl (C=O) groups excluding carboxylic acids is 1. The van der Waals surface area contributed by atoms with E-state index in [1.165, 1.54) is 24.3 Å². The molecule has 0 heterocycles. The molecule has 2 rings (SSSR count). The molecular weight excluding hydrogens is 324 g/mol. The van der Waals surface area contributed by atoms with Gasteiger partial charge < -0.3 is 5.32 Å². The average Bonchev–Trinajstić information content (AvgIpc) is 2.46. The highest BCUT2D eigenvalue weighted by molar-refractivity contribution is 6.04. The first-order valence-electron chi connectivity index (χ1n) is 6.24. The van der Waals surface area contributed by atoms with E-state index in [1.54, 1.807) is 6.07 Å². The van der Waals surface area contributed by atoms with Crippen LogP contribution in [-0.2, 0) is 12.4 Å². The summed E-state index contributed by atoms with van der Waals surface area (Å²) in [5.41, 5.74) is -3.55. The van der Waals surface area contributed by atoms with Crippen molar-refractivity contribution in [3.63, 3.8) is 0 Å². The van der Waals surface area contributed by atoms with Crippen LogP contribution < -0.4 is 5.32 Å². The molecule has 0 aliphatic rings. The van der Waals surface area contributed by atoms with Gasteiger partial charge >= 0.3 is 12.4 Å². The Morgan fingerprint density at radius 2 is 1.43 bits per heavy atom. The van der Waals surface area contributed by atoms with Gasteiger partial charge in [0.2, 0.25) is 0 Å². The Morgan fingerprint density at radius 3 is 1.96 bits per heavy atom. The minimum Gasteiger partial charge on any atom is -0.321 e. The molecule has 0 spiro atoms. The topological polar surface area (TPSA) is 29.1 Å². The second-order valence-corrected chi connectivity index (χ2v) is 4.58. The molecular formula is C15H9F6NO. The Kier molecular flexibility index (Phi) is 4.35. The summed E-state index contributed by atoms with van der Waals surface area (Å²) in [4.78, 5) is 11.9. The molecule has 1 amide bonds. The first kappa shape index (κ1) is 16.9. The van der Waals surface area contributed by atoms with Gasteiger partial charge in [0.25, 0.3) is 5.91 Å². The first-order valence-corrected chi connectivity index (χ1v) is 6.24. The van der Waals surface area contributed by atoms with Gasteiger partial charge in [0, 0.05) is 5.56 Å². The molecule has 23 heavy (non-hydrogen) atoms. The van der Waals surface area contributed by atoms with Gasteiger partial charge in [0.15, 0.2) is 0 Å². The molecule has 2 aromatic rings. The van der Waals surface area contributed by atoms with Crippen molar-refractivity contribution in [3.05, 3.63) is 65.2 Å². The number of alkyl halides is 6. The summed E-state index contributed by atoms with van der Waals surface area (Å²) in [6.45, 7) is 0. The van der Waals surface area contributed by atoms with Crippen molar-refractivity contribution >= 4 is 11.6 Å². The van der Waals surface area contributed by atoms with E-state index >= 15 is 0 Å². The lowest BCUT2D eigenvalue weighted by Gasteiger charge is -2.16. The summed E-state index contributed by atoms with van der Waals surface area (Å²) < 4.78 is 76.7. The number of nitrogens with one attached hydrogen (secondary N) is 1. The molecule has 1 N–H and O–H groups in total. The molecule has 0 saturated carbocycles. The Bertz CT molecular complexity index is 706. The minimum absolute atomic E-state index is 0.0260. The highest BCUT2D eigenvalue weighted by Gasteiger charge is 2.37. The lowest BCUT2D eigenvalue weighted by atomic mass is 10.1. The molecule has 0 unspecified atom stereocenters. The number of hydrogen-bond acceptors (Lipinski definition) is 1. The first-order chi connectivity index (χ1) is 10.6. The smallest absolute Gasteiger partial charge is 0.321 e. The summed E-state index contributed by atoms with van der Waals surface area (Å²) in [6, 6.07) is 8.08. The monoisotopic (exact) mass is 333 g/mol. The van der Waals surface area contributed by atoms with Gasteiger partial charge in [-0.2, -0.15) is 26.3 Å². The van der Waals surface area contributed by atoms with Crippen LogP contribution in [0, 0.1) is 0 Å². The second-order valence-electron chi connectivity index (χ2n) is 4.58. The van der Waals surface area contributed by atoms with Crippen molar-refractivity contribution in [2.75, 3.05) is 5.32 Å². The van der Waals surface area contributed by atoms with Crippen LogP contribution in [0.15, 0.2) is 48.5 Å². The standard InChI is InChI=1S/C15H9F6NO/c16-14(17,18)10-6-7-11(15(19,20)21)12(8-10)22-13(23)9-4-2-1-3-5-9/h1-8H,(H,22,23). The highest BCUT2D eigenvalue weighted by atomic mass is 19.4. The van der Waals surface area contributed by atoms with Crippen molar-refractivity contribution in [1.82, 2.24) is 0 Å². The maximum atomic E-state index is 12.9. The van der Waals surface area contributed by atoms with E-state index in [1.807, 2.05) is 5.32 Å². The number of anilines is 1. The van der Waals surface area contributed by atoms with Gasteiger partial charge in [-0.05, 0) is 30.3 Å². The average molecular weight is 333 g/mol. The molecule has 8 heteroatoms. The Hall–Kier alpha value is -2.51. The second kappa shape index (κ2) is 5.94. The molecule has 2 aromatic carbocycles. The van der Waals surface area contributed by atoms with Crippen LogP contribution in [0.1, 0.15) is 21.5 Å². The van der Waals surface area contributed by atoms with Crippen LogP contribution in [0.5, 0.6) is 0 Å². The van der Waals surface area contributed by atoms with Crippen molar-refractivity contribution < 1.29 is 31.1 Å². The number of halogens is 6. The Morgan fingerprint density at radius 1 is 0.826 bits per heavy atom. The maximum Gasteiger partial charge on any atom is 0.418 e. The lowest BCUT2D eigenvalue weighted by molar-refractivity contribution is -0.140. The largest absolute Gasteiger partial charge is 0.418 e. The summed E-state index contributed by atoms with van der Waals surface area (Å²) >= 11 is 0. The van der Waals surface area contributed by atoms with Crippen molar-refractivity contribution in [2.24, 2.45) is 0 Å². The lowest BCUT2D eigenvalue weighted by Crippen LogP contribution is -2.18. The van der Waals surface area contributed by atoms with E-state index in [-0.39, 0.29) is 11.6 Å². The highest BCUT2D eigenvalue weighted by Crippen LogP contribution is 2.39. The van der Waals surface area contributed by atoms with Crippen molar-refractivity contribution in [2.45, 2.75) is 12.4 Å². The van der Waals surface area contributed by atoms with Crippen molar-refractivity contribution in [1.29, 1.82) is 0 Å². The van der Waals surface area contributed by atoms with Gasteiger partial charge in [-0.15, -0.1) is 0 Å². The predicted molar refractivity (Wildman–Crippen MR) is 70.8 cm³/mol. The van der Waals surface area contributed by atoms with Crippen LogP contribution >= 0.6 is 0 Å². The quantitative estimate of drug-likeness (QED) is 0.772. The van der Waals surface area contributed by atoms with E-state index in [2.05, 4.69) is 0 Å². The van der Waals surface area contributed by atoms with Crippen LogP contribution in [0.4, 0.5) is 32.0 Å². The van der Waals surface area contributed by atoms with Gasteiger partial charge in [0.1, 0.15) is 0 Å². The number of rotatable bonds is 2. The molecule has 0 aliphatic heterocycles. The van der Waals surface area contributed by atoms with E-state index in [4.69, 9.17) is 0 Å². The minimum atomic E-state index is -4.90. The summed E-state index contributed by atoms with van der Waals surface area (Å²) in [6.07, 6.45) is -9.72. The number of carbonyl (C=O) groups is 1. The Balaban J connectivity index is 2.44. The molecule has 0 radical (unpaired) electrons. The maximum absolute atomic E-state index is 12.9. The van der Waals surface area contributed by atoms with Crippen molar-refractivity contribution in [3.8, 4) is 0 Å². The van der Waals surface area contributed by atoms with E-state index < -0.39 is 35.1 Å². The van der Waals surface area contributed by atoms with Gasteiger partial charge in [-0.25, -0.2) is 0 Å². The molecule has 0 atom stereocenters. The number of amides is 1. The van der Waals surface area contributed by atoms with Gasteiger partial charge in [-0.3, -0.25) is 4.79 Å². The van der Waals surface area contributed by atoms with Crippen LogP contribution in [-0.4, -0.2) is 5.91 Å². The van der Waals surface area contributed by atoms with Crippen LogP contribution in [0.3, 0.4) is 0 Å². The van der Waals surface area contributed by atoms with Crippen LogP contribution in [0.2, 0.25) is 0 Å². The third-order valence-electron chi connectivity index (χ3n) is 2.94. The van der Waals surface area contributed by atoms with Gasteiger partial charge in [-0.1, -0.05) is 18.2 Å². The molecule has 0 aliphatic carbocycles. The van der Waals surface area contributed by atoms with E-state index in [0.29, 0.717) is 12.1 Å². The summed E-state index contributed by atoms with van der Waals surface area (Å²) in [5.74, 6) is -0.935. The third-order valence-corrected chi connectivity index (χ3v) is 2.94. The molecule has 0 fully saturated rings. The van der Waals surface area contributed by atoms with Gasteiger partial charge in [0.05, 0.1) is 16.8 Å². The third kappa shape index (κ3) is 4.02. The fourth-order valence-corrected chi connectivity index (χ4v) is 1.86. The van der Waals surface area contributed by atoms with E-state index in [0.717, 1.165) is 0 Å². The molecule has 0 bridgehead atoms. The van der Waals surface area contributed by atoms with Crippen LogP contribution in [0.25, 0.3) is 0 Å². The number of hydrogen-bond donors (Lipinski definition) is 1. The molecule has 0 saturated heterocycles. The van der Waals surface area contributed by atoms with E-state index in [9.17, 15) is 31.1 Å². The molecule has 122 valence electrons.